The second-order valence-corrected chi connectivity index (χ2v) is 7.95. The van der Waals surface area contributed by atoms with Gasteiger partial charge in [-0.1, -0.05) is 24.3 Å². The molecule has 3 aromatic rings. The molecule has 0 radical (unpaired) electrons. The molecule has 0 aliphatic rings. The number of carbonyl (C=O) groups is 1. The molecule has 0 aliphatic heterocycles. The van der Waals surface area contributed by atoms with Crippen molar-refractivity contribution in [1.29, 1.82) is 0 Å². The molecule has 1 amide bonds. The number of aryl methyl sites for hydroxylation is 1. The number of hydrogen-bond acceptors (Lipinski definition) is 2. The van der Waals surface area contributed by atoms with Crippen molar-refractivity contribution < 1.29 is 4.79 Å². The van der Waals surface area contributed by atoms with Gasteiger partial charge in [-0.15, -0.1) is 0 Å². The van der Waals surface area contributed by atoms with Crippen LogP contribution in [-0.2, 0) is 12.8 Å². The Morgan fingerprint density at radius 1 is 1.10 bits per heavy atom. The van der Waals surface area contributed by atoms with Gasteiger partial charge in [0.05, 0.1) is 0 Å². The number of H-pyrrole nitrogens is 1. The van der Waals surface area contributed by atoms with Crippen molar-refractivity contribution in [3.8, 4) is 0 Å². The van der Waals surface area contributed by atoms with E-state index in [-0.39, 0.29) is 5.91 Å². The zero-order valence-electron chi connectivity index (χ0n) is 19.0. The molecule has 0 aliphatic carbocycles. The molecule has 2 aromatic carbocycles. The van der Waals surface area contributed by atoms with Crippen LogP contribution in [-0.4, -0.2) is 55.5 Å². The lowest BCUT2D eigenvalue weighted by Gasteiger charge is -2.13. The van der Waals surface area contributed by atoms with E-state index in [4.69, 9.17) is 4.99 Å². The molecule has 0 saturated heterocycles. The van der Waals surface area contributed by atoms with Gasteiger partial charge in [0.2, 0.25) is 0 Å². The summed E-state index contributed by atoms with van der Waals surface area (Å²) in [4.78, 5) is 21.8. The summed E-state index contributed by atoms with van der Waals surface area (Å²) < 4.78 is 0. The summed E-state index contributed by atoms with van der Waals surface area (Å²) in [5, 5.41) is 7.98. The van der Waals surface area contributed by atoms with Crippen LogP contribution >= 0.6 is 0 Å². The Hall–Kier alpha value is -3.28. The summed E-state index contributed by atoms with van der Waals surface area (Å²) in [5.41, 5.74) is 5.58. The van der Waals surface area contributed by atoms with E-state index in [2.05, 4.69) is 59.9 Å². The third kappa shape index (κ3) is 6.10. The van der Waals surface area contributed by atoms with Crippen LogP contribution in [0.4, 0.5) is 0 Å². The van der Waals surface area contributed by atoms with E-state index in [9.17, 15) is 4.79 Å². The molecule has 3 N–H and O–H groups in total. The van der Waals surface area contributed by atoms with Crippen molar-refractivity contribution in [1.82, 2.24) is 20.5 Å². The predicted octanol–water partition coefficient (Wildman–Crippen LogP) is 3.52. The zero-order chi connectivity index (χ0) is 22.2. The van der Waals surface area contributed by atoms with Crippen LogP contribution in [0.3, 0.4) is 0 Å². The average Bonchev–Trinajstić information content (AvgIpc) is 3.15. The highest BCUT2D eigenvalue weighted by Gasteiger charge is 2.08. The number of carbonyl (C=O) groups excluding carboxylic acids is 1. The van der Waals surface area contributed by atoms with Crippen LogP contribution in [0.1, 0.15) is 34.0 Å². The van der Waals surface area contributed by atoms with Crippen molar-refractivity contribution in [2.24, 2.45) is 4.99 Å². The SMILES string of the molecule is CCNC(=NCCc1c[nH]c2cc(C)ccc12)NCCc1cccc(C(=O)N(C)C)c1. The van der Waals surface area contributed by atoms with Gasteiger partial charge >= 0.3 is 0 Å². The quantitative estimate of drug-likeness (QED) is 0.386. The second-order valence-electron chi connectivity index (χ2n) is 7.95. The Labute approximate surface area is 184 Å². The van der Waals surface area contributed by atoms with Crippen molar-refractivity contribution in [2.75, 3.05) is 33.7 Å². The maximum absolute atomic E-state index is 12.2. The molecular formula is C25H33N5O. The first kappa shape index (κ1) is 22.4. The molecule has 0 unspecified atom stereocenters. The highest BCUT2D eigenvalue weighted by molar-refractivity contribution is 5.94. The Morgan fingerprint density at radius 2 is 1.94 bits per heavy atom. The smallest absolute Gasteiger partial charge is 0.253 e. The molecule has 0 fully saturated rings. The van der Waals surface area contributed by atoms with Crippen molar-refractivity contribution in [3.63, 3.8) is 0 Å². The summed E-state index contributed by atoms with van der Waals surface area (Å²) in [6.45, 7) is 6.44. The van der Waals surface area contributed by atoms with Crippen molar-refractivity contribution >= 4 is 22.8 Å². The number of fused-ring (bicyclic) bond motifs is 1. The molecule has 164 valence electrons. The maximum Gasteiger partial charge on any atom is 0.253 e. The summed E-state index contributed by atoms with van der Waals surface area (Å²) in [6.07, 6.45) is 3.79. The summed E-state index contributed by atoms with van der Waals surface area (Å²) in [5.74, 6) is 0.843. The monoisotopic (exact) mass is 419 g/mol. The highest BCUT2D eigenvalue weighted by atomic mass is 16.2. The molecule has 0 bridgehead atoms. The lowest BCUT2D eigenvalue weighted by molar-refractivity contribution is 0.0827. The molecule has 31 heavy (non-hydrogen) atoms. The first-order valence-corrected chi connectivity index (χ1v) is 10.9. The highest BCUT2D eigenvalue weighted by Crippen LogP contribution is 2.19. The molecule has 1 aromatic heterocycles. The van der Waals surface area contributed by atoms with Gasteiger partial charge in [-0.05, 0) is 61.6 Å². The van der Waals surface area contributed by atoms with E-state index >= 15 is 0 Å². The molecule has 1 heterocycles. The molecule has 3 rings (SSSR count). The van der Waals surface area contributed by atoms with Crippen LogP contribution in [0.15, 0.2) is 53.7 Å². The van der Waals surface area contributed by atoms with Crippen LogP contribution in [0.2, 0.25) is 0 Å². The lowest BCUT2D eigenvalue weighted by atomic mass is 10.1. The number of nitrogens with zero attached hydrogens (tertiary/aromatic N) is 2. The van der Waals surface area contributed by atoms with Gasteiger partial charge in [0.1, 0.15) is 0 Å². The second kappa shape index (κ2) is 10.7. The number of benzene rings is 2. The number of amides is 1. The summed E-state index contributed by atoms with van der Waals surface area (Å²) in [7, 11) is 3.54. The number of rotatable bonds is 8. The molecule has 6 heteroatoms. The standard InChI is InChI=1S/C25H33N5O/c1-5-26-25(27-13-11-19-7-6-8-20(16-19)24(31)30(3)4)28-14-12-21-17-29-23-15-18(2)9-10-22(21)23/h6-10,15-17,29H,5,11-14H2,1-4H3,(H2,26,27,28). The van der Waals surface area contributed by atoms with Crippen LogP contribution in [0, 0.1) is 6.92 Å². The Kier molecular flexibility index (Phi) is 7.70. The van der Waals surface area contributed by atoms with Gasteiger partial charge in [0, 0.05) is 56.4 Å². The molecule has 0 atom stereocenters. The number of guanidine groups is 1. The molecule has 0 spiro atoms. The fourth-order valence-electron chi connectivity index (χ4n) is 3.58. The van der Waals surface area contributed by atoms with Crippen LogP contribution in [0.25, 0.3) is 10.9 Å². The normalized spacial score (nSPS) is 11.5. The fraction of sp³-hybridized carbons (Fsp3) is 0.360. The van der Waals surface area contributed by atoms with Crippen LogP contribution < -0.4 is 10.6 Å². The average molecular weight is 420 g/mol. The Balaban J connectivity index is 1.55. The Morgan fingerprint density at radius 3 is 2.71 bits per heavy atom. The molecule has 0 saturated carbocycles. The van der Waals surface area contributed by atoms with Gasteiger partial charge in [-0.2, -0.15) is 0 Å². The van der Waals surface area contributed by atoms with E-state index in [1.54, 1.807) is 19.0 Å². The molecule has 6 nitrogen and oxygen atoms in total. The third-order valence-corrected chi connectivity index (χ3v) is 5.20. The van der Waals surface area contributed by atoms with E-state index < -0.39 is 0 Å². The van der Waals surface area contributed by atoms with Crippen molar-refractivity contribution in [2.45, 2.75) is 26.7 Å². The first-order valence-electron chi connectivity index (χ1n) is 10.9. The number of nitrogens with one attached hydrogen (secondary N) is 3. The number of aliphatic imine (C=N–C) groups is 1. The van der Waals surface area contributed by atoms with Gasteiger partial charge < -0.3 is 20.5 Å². The summed E-state index contributed by atoms with van der Waals surface area (Å²) >= 11 is 0. The van der Waals surface area contributed by atoms with E-state index in [0.29, 0.717) is 6.54 Å². The summed E-state index contributed by atoms with van der Waals surface area (Å²) in [6, 6.07) is 14.3. The van der Waals surface area contributed by atoms with Gasteiger partial charge in [0.15, 0.2) is 5.96 Å². The topological polar surface area (TPSA) is 72.5 Å². The number of aromatic nitrogens is 1. The fourth-order valence-corrected chi connectivity index (χ4v) is 3.58. The minimum absolute atomic E-state index is 0.0251. The number of aromatic amines is 1. The lowest BCUT2D eigenvalue weighted by Crippen LogP contribution is -2.38. The van der Waals surface area contributed by atoms with Gasteiger partial charge in [-0.3, -0.25) is 9.79 Å². The number of hydrogen-bond donors (Lipinski definition) is 3. The minimum Gasteiger partial charge on any atom is -0.361 e. The van der Waals surface area contributed by atoms with E-state index in [0.717, 1.165) is 43.0 Å². The molecular weight excluding hydrogens is 386 g/mol. The van der Waals surface area contributed by atoms with Crippen LogP contribution in [0.5, 0.6) is 0 Å². The van der Waals surface area contributed by atoms with Crippen molar-refractivity contribution in [3.05, 3.63) is 70.9 Å². The largest absolute Gasteiger partial charge is 0.361 e. The first-order chi connectivity index (χ1) is 15.0. The third-order valence-electron chi connectivity index (χ3n) is 5.20. The minimum atomic E-state index is 0.0251. The maximum atomic E-state index is 12.2. The van der Waals surface area contributed by atoms with Gasteiger partial charge in [-0.25, -0.2) is 0 Å². The van der Waals surface area contributed by atoms with Gasteiger partial charge in [0.25, 0.3) is 5.91 Å². The predicted molar refractivity (Wildman–Crippen MR) is 129 cm³/mol. The van der Waals surface area contributed by atoms with E-state index in [1.807, 2.05) is 18.2 Å². The Bertz CT molecular complexity index is 1050. The van der Waals surface area contributed by atoms with E-state index in [1.165, 1.54) is 22.0 Å². The zero-order valence-corrected chi connectivity index (χ0v) is 19.0.